The molecular weight excluding hydrogens is 1370 g/mol. The smallest absolute Gasteiger partial charge is 0.410 e. The van der Waals surface area contributed by atoms with Gasteiger partial charge in [0.15, 0.2) is 11.3 Å². The van der Waals surface area contributed by atoms with E-state index in [-0.39, 0.29) is 24.0 Å². The highest BCUT2D eigenvalue weighted by Gasteiger charge is 2.37. The number of carbonyl (C=O) groups excluding carboxylic acids is 2. The van der Waals surface area contributed by atoms with Gasteiger partial charge in [-0.25, -0.2) is 19.6 Å². The summed E-state index contributed by atoms with van der Waals surface area (Å²) in [6.07, 6.45) is 10.5. The van der Waals surface area contributed by atoms with Gasteiger partial charge < -0.3 is 48.0 Å². The van der Waals surface area contributed by atoms with Crippen LogP contribution in [0.3, 0.4) is 0 Å². The van der Waals surface area contributed by atoms with Crippen LogP contribution in [0.15, 0.2) is 64.3 Å². The van der Waals surface area contributed by atoms with Crippen molar-refractivity contribution in [3.8, 4) is 32.0 Å². The Bertz CT molecular complexity index is 3560. The van der Waals surface area contributed by atoms with Gasteiger partial charge in [-0.1, -0.05) is 90.7 Å². The Hall–Kier alpha value is -4.82. The first kappa shape index (κ1) is 75.9. The van der Waals surface area contributed by atoms with E-state index in [1.165, 1.54) is 0 Å². The Morgan fingerprint density at radius 1 is 0.568 bits per heavy atom. The molecule has 0 N–H and O–H groups in total. The second-order valence-corrected chi connectivity index (χ2v) is 57.5. The summed E-state index contributed by atoms with van der Waals surface area (Å²) < 4.78 is 43.8. The number of likely N-dealkylation sites (tertiary alicyclic amines) is 2. The third kappa shape index (κ3) is 22.3. The van der Waals surface area contributed by atoms with Crippen molar-refractivity contribution >= 4 is 106 Å². The van der Waals surface area contributed by atoms with Crippen molar-refractivity contribution < 1.29 is 38.0 Å². The highest BCUT2D eigenvalue weighted by Crippen LogP contribution is 2.45. The Kier molecular flexibility index (Phi) is 25.9. The number of thiophene rings is 2. The number of piperidine rings is 2. The zero-order valence-electron chi connectivity index (χ0n) is 60.4. The molecule has 0 aromatic carbocycles. The molecule has 2 aliphatic heterocycles. The molecule has 0 saturated carbocycles. The molecule has 9 heterocycles. The van der Waals surface area contributed by atoms with E-state index in [0.717, 1.165) is 121 Å². The number of anilines is 2. The summed E-state index contributed by atoms with van der Waals surface area (Å²) in [4.78, 5) is 47.5. The predicted octanol–water partition coefficient (Wildman–Crippen LogP) is 17.2. The van der Waals surface area contributed by atoms with Crippen LogP contribution in [0, 0.1) is 0 Å². The van der Waals surface area contributed by atoms with Gasteiger partial charge >= 0.3 is 12.2 Å². The largest absolute Gasteiger partial charge is 0.444 e. The summed E-state index contributed by atoms with van der Waals surface area (Å²) in [5, 5.41) is 18.5. The number of ether oxygens (including phenoxy) is 6. The SMILES string of the molecule is CC(C)(C)OC(=O)N1CCCC(c2nc3c(Br)cnn3c(N(COCC[Si](C)(C)C)COCC[Si](C)(C)C)c2-c2cccs2)C1.Cn1cc(-c2cnn3c(N(COCC[Si](C)(C)C)COCC[Si](C)(C)C)c(-c4cccs4)c(C4CCCN(C(=O)OC(C)(C)C)C4)nc23)cn1. The van der Waals surface area contributed by atoms with E-state index < -0.39 is 43.5 Å². The minimum atomic E-state index is -1.30. The van der Waals surface area contributed by atoms with Crippen molar-refractivity contribution in [1.82, 2.24) is 48.8 Å². The van der Waals surface area contributed by atoms with E-state index in [1.54, 1.807) is 33.6 Å². The molecule has 0 spiro atoms. The molecule has 27 heteroatoms. The fourth-order valence-electron chi connectivity index (χ4n) is 11.1. The van der Waals surface area contributed by atoms with E-state index in [9.17, 15) is 9.59 Å². The van der Waals surface area contributed by atoms with Gasteiger partial charge in [0, 0.05) is 131 Å². The van der Waals surface area contributed by atoms with Crippen LogP contribution in [0.5, 0.6) is 0 Å². The Balaban J connectivity index is 0.000000245. The summed E-state index contributed by atoms with van der Waals surface area (Å²) in [5.74, 6) is 1.80. The van der Waals surface area contributed by atoms with Crippen LogP contribution in [0.4, 0.5) is 21.2 Å². The number of fused-ring (bicyclic) bond motifs is 2. The lowest BCUT2D eigenvalue weighted by Gasteiger charge is -2.35. The molecule has 7 aromatic rings. The minimum Gasteiger partial charge on any atom is -0.444 e. The van der Waals surface area contributed by atoms with Crippen LogP contribution in [0.1, 0.15) is 90.4 Å². The van der Waals surface area contributed by atoms with Crippen LogP contribution in [0.25, 0.3) is 43.3 Å². The summed E-state index contributed by atoms with van der Waals surface area (Å²) in [6.45, 7) is 46.5. The van der Waals surface area contributed by atoms with Crippen molar-refractivity contribution in [2.45, 2.75) is 193 Å². The molecule has 2 aliphatic rings. The van der Waals surface area contributed by atoms with Crippen LogP contribution >= 0.6 is 38.6 Å². The molecule has 2 unspecified atom stereocenters. The van der Waals surface area contributed by atoms with Gasteiger partial charge in [0.1, 0.15) is 49.8 Å². The third-order valence-corrected chi connectivity index (χ3v) is 25.5. The predicted molar refractivity (Wildman–Crippen MR) is 403 cm³/mol. The van der Waals surface area contributed by atoms with Gasteiger partial charge in [0.2, 0.25) is 0 Å². The molecule has 0 bridgehead atoms. The van der Waals surface area contributed by atoms with Crippen LogP contribution in [0.2, 0.25) is 103 Å². The summed E-state index contributed by atoms with van der Waals surface area (Å²) >= 11 is 7.09. The number of nitrogens with zero attached hydrogens (tertiary/aromatic N) is 12. The van der Waals surface area contributed by atoms with E-state index in [0.29, 0.717) is 79.5 Å². The lowest BCUT2D eigenvalue weighted by molar-refractivity contribution is 0.0187. The lowest BCUT2D eigenvalue weighted by Crippen LogP contribution is -2.42. The fraction of sp³-hybridized carbons (Fsp3) is 0.632. The zero-order chi connectivity index (χ0) is 69.3. The van der Waals surface area contributed by atoms with Crippen LogP contribution in [-0.4, -0.2) is 184 Å². The molecular formula is C68H109BrN12O8S2Si4. The minimum absolute atomic E-state index is 0.0174. The van der Waals surface area contributed by atoms with Crippen molar-refractivity contribution in [2.24, 2.45) is 7.05 Å². The molecule has 2 amide bonds. The molecule has 7 aromatic heterocycles. The highest BCUT2D eigenvalue weighted by molar-refractivity contribution is 9.10. The fourth-order valence-corrected chi connectivity index (χ4v) is 16.1. The third-order valence-electron chi connectivity index (χ3n) is 16.3. The number of rotatable bonds is 27. The standard InChI is InChI=1S/C36H57N7O4SSi2.C32H52BrN5O4SSi2/c1-36(2,3)47-35(44)41-15-11-13-27(24-41)32-31(30-14-12-18-48-30)34(43-33(39-32)29(22-38-43)28-21-37-40(4)23-28)42(25-45-16-19-49(5,6)7)26-46-17-20-50(8,9)10;1-32(2,3)42-31(39)36-14-10-12-24(21-36)28-27(26-13-11-17-43-26)30(38-29(35-28)25(33)20-34-38)37(22-40-15-18-44(4,5)6)23-41-16-19-45(7,8)9/h12,14,18,21-23,27H,11,13,15-17,19-20,24-26H2,1-10H3;11,13,17,20,24H,10,12,14-16,18-19,21-23H2,1-9H3. The van der Waals surface area contributed by atoms with E-state index >= 15 is 0 Å². The number of carbonyl (C=O) groups is 2. The van der Waals surface area contributed by atoms with Gasteiger partial charge in [0.05, 0.1) is 45.6 Å². The number of aryl methyl sites for hydroxylation is 1. The Morgan fingerprint density at radius 2 is 0.958 bits per heavy atom. The molecule has 20 nitrogen and oxygen atoms in total. The summed E-state index contributed by atoms with van der Waals surface area (Å²) in [5.41, 5.74) is 6.14. The van der Waals surface area contributed by atoms with Crippen molar-refractivity contribution in [2.75, 3.05) is 89.3 Å². The van der Waals surface area contributed by atoms with Gasteiger partial charge in [-0.3, -0.25) is 4.68 Å². The van der Waals surface area contributed by atoms with E-state index in [2.05, 4.69) is 144 Å². The summed E-state index contributed by atoms with van der Waals surface area (Å²) in [6, 6.07) is 12.8. The van der Waals surface area contributed by atoms with Crippen molar-refractivity contribution in [3.05, 3.63) is 75.7 Å². The van der Waals surface area contributed by atoms with Gasteiger partial charge in [-0.05, 0) is 130 Å². The Morgan fingerprint density at radius 3 is 1.32 bits per heavy atom. The average Bonchev–Trinajstić information content (AvgIpc) is 1.70. The van der Waals surface area contributed by atoms with Gasteiger partial charge in [-0.2, -0.15) is 24.3 Å². The first-order chi connectivity index (χ1) is 44.5. The molecule has 2 atom stereocenters. The van der Waals surface area contributed by atoms with Gasteiger partial charge in [0.25, 0.3) is 0 Å². The zero-order valence-corrected chi connectivity index (χ0v) is 67.6. The van der Waals surface area contributed by atoms with E-state index in [4.69, 9.17) is 48.6 Å². The second kappa shape index (κ2) is 32.4. The first-order valence-electron chi connectivity index (χ1n) is 33.8. The second-order valence-electron chi connectivity index (χ2n) is 32.3. The molecule has 2 saturated heterocycles. The van der Waals surface area contributed by atoms with Crippen LogP contribution in [-0.2, 0) is 35.5 Å². The lowest BCUT2D eigenvalue weighted by atomic mass is 9.91. The number of amides is 2. The normalized spacial score (nSPS) is 16.2. The molecule has 0 radical (unpaired) electrons. The van der Waals surface area contributed by atoms with Gasteiger partial charge in [-0.15, -0.1) is 22.7 Å². The summed E-state index contributed by atoms with van der Waals surface area (Å²) in [7, 11) is -3.21. The maximum Gasteiger partial charge on any atom is 0.410 e. The molecule has 2 fully saturated rings. The maximum absolute atomic E-state index is 13.4. The first-order valence-corrected chi connectivity index (χ1v) is 51.2. The quantitative estimate of drug-likeness (QED) is 0.0269. The average molecular weight is 1480 g/mol. The van der Waals surface area contributed by atoms with E-state index in [1.807, 2.05) is 86.0 Å². The van der Waals surface area contributed by atoms with Crippen molar-refractivity contribution in [1.29, 1.82) is 0 Å². The number of aromatic nitrogens is 8. The highest BCUT2D eigenvalue weighted by atomic mass is 79.9. The monoisotopic (exact) mass is 1480 g/mol. The molecule has 0 aliphatic carbocycles. The van der Waals surface area contributed by atoms with Crippen LogP contribution < -0.4 is 9.80 Å². The molecule has 9 rings (SSSR count). The number of halogens is 1. The maximum atomic E-state index is 13.4. The molecule has 524 valence electrons. The topological polar surface area (TPSA) is 181 Å². The van der Waals surface area contributed by atoms with Crippen molar-refractivity contribution in [3.63, 3.8) is 0 Å². The number of hydrogen-bond acceptors (Lipinski definition) is 17. The molecule has 95 heavy (non-hydrogen) atoms. The number of hydrogen-bond donors (Lipinski definition) is 0. The Labute approximate surface area is 585 Å².